The van der Waals surface area contributed by atoms with E-state index in [4.69, 9.17) is 0 Å². The molecule has 0 aliphatic heterocycles. The van der Waals surface area contributed by atoms with Crippen molar-refractivity contribution in [2.24, 2.45) is 0 Å². The lowest BCUT2D eigenvalue weighted by molar-refractivity contribution is 0.581. The Bertz CT molecular complexity index is 652. The Morgan fingerprint density at radius 2 is 1.62 bits per heavy atom. The smallest absolute Gasteiger partial charge is 0.240 e. The molecule has 2 aromatic rings. The number of nitrogens with one attached hydrogen (secondary N) is 2. The Morgan fingerprint density at radius 3 is 2.24 bits per heavy atom. The first-order chi connectivity index (χ1) is 10.1. The van der Waals surface area contributed by atoms with Crippen molar-refractivity contribution in [3.63, 3.8) is 0 Å². The first-order valence-corrected chi connectivity index (χ1v) is 8.47. The molecule has 0 aliphatic carbocycles. The van der Waals surface area contributed by atoms with Crippen LogP contribution < -0.4 is 10.0 Å². The van der Waals surface area contributed by atoms with Crippen LogP contribution in [0.5, 0.6) is 0 Å². The molecule has 0 unspecified atom stereocenters. The number of benzene rings is 2. The lowest BCUT2D eigenvalue weighted by Gasteiger charge is -2.08. The van der Waals surface area contributed by atoms with Gasteiger partial charge < -0.3 is 5.32 Å². The van der Waals surface area contributed by atoms with E-state index in [2.05, 4.69) is 10.0 Å². The molecular formula is C16H20N2O2S. The molecule has 0 radical (unpaired) electrons. The van der Waals surface area contributed by atoms with Crippen LogP contribution in [0.2, 0.25) is 0 Å². The second-order valence-electron chi connectivity index (χ2n) is 4.69. The number of hydrogen-bond acceptors (Lipinski definition) is 3. The van der Waals surface area contributed by atoms with Gasteiger partial charge in [0.15, 0.2) is 0 Å². The molecule has 0 spiro atoms. The quantitative estimate of drug-likeness (QED) is 0.827. The second-order valence-corrected chi connectivity index (χ2v) is 6.46. The average molecular weight is 304 g/mol. The highest BCUT2D eigenvalue weighted by Gasteiger charge is 2.12. The van der Waals surface area contributed by atoms with Gasteiger partial charge >= 0.3 is 0 Å². The van der Waals surface area contributed by atoms with Crippen molar-refractivity contribution < 1.29 is 8.42 Å². The minimum absolute atomic E-state index is 0.289. The molecule has 0 saturated carbocycles. The van der Waals surface area contributed by atoms with E-state index < -0.39 is 10.0 Å². The molecule has 0 aromatic heterocycles. The summed E-state index contributed by atoms with van der Waals surface area (Å²) in [5.41, 5.74) is 2.03. The highest BCUT2D eigenvalue weighted by atomic mass is 32.2. The van der Waals surface area contributed by atoms with Crippen molar-refractivity contribution in [3.05, 3.63) is 60.2 Å². The van der Waals surface area contributed by atoms with E-state index >= 15 is 0 Å². The van der Waals surface area contributed by atoms with Gasteiger partial charge in [0, 0.05) is 18.8 Å². The van der Waals surface area contributed by atoms with E-state index in [1.54, 1.807) is 24.3 Å². The maximum Gasteiger partial charge on any atom is 0.240 e. The number of rotatable bonds is 7. The predicted octanol–water partition coefficient (Wildman–Crippen LogP) is 2.64. The Hall–Kier alpha value is -1.85. The van der Waals surface area contributed by atoms with E-state index in [0.29, 0.717) is 13.0 Å². The summed E-state index contributed by atoms with van der Waals surface area (Å²) in [6.45, 7) is 3.19. The summed E-state index contributed by atoms with van der Waals surface area (Å²) >= 11 is 0. The molecule has 112 valence electrons. The van der Waals surface area contributed by atoms with Gasteiger partial charge in [-0.25, -0.2) is 13.1 Å². The van der Waals surface area contributed by atoms with Gasteiger partial charge in [0.05, 0.1) is 4.90 Å². The van der Waals surface area contributed by atoms with Gasteiger partial charge in [0.1, 0.15) is 0 Å². The predicted molar refractivity (Wildman–Crippen MR) is 85.9 cm³/mol. The van der Waals surface area contributed by atoms with Gasteiger partial charge in [0.2, 0.25) is 10.0 Å². The molecule has 4 nitrogen and oxygen atoms in total. The summed E-state index contributed by atoms with van der Waals surface area (Å²) < 4.78 is 26.9. The van der Waals surface area contributed by atoms with E-state index in [-0.39, 0.29) is 4.90 Å². The van der Waals surface area contributed by atoms with Crippen molar-refractivity contribution in [3.8, 4) is 0 Å². The lowest BCUT2D eigenvalue weighted by atomic mass is 10.2. The van der Waals surface area contributed by atoms with Crippen molar-refractivity contribution in [1.82, 2.24) is 4.72 Å². The molecular weight excluding hydrogens is 284 g/mol. The fourth-order valence-electron chi connectivity index (χ4n) is 2.01. The molecule has 0 saturated heterocycles. The third kappa shape index (κ3) is 4.58. The van der Waals surface area contributed by atoms with Gasteiger partial charge in [-0.05, 0) is 43.2 Å². The molecule has 5 heteroatoms. The molecule has 2 N–H and O–H groups in total. The molecule has 2 rings (SSSR count). The number of hydrogen-bond donors (Lipinski definition) is 2. The van der Waals surface area contributed by atoms with Crippen LogP contribution in [-0.2, 0) is 16.4 Å². The summed E-state index contributed by atoms with van der Waals surface area (Å²) in [4.78, 5) is 0.289. The van der Waals surface area contributed by atoms with Crippen LogP contribution in [0.1, 0.15) is 12.5 Å². The third-order valence-electron chi connectivity index (χ3n) is 3.09. The van der Waals surface area contributed by atoms with Crippen LogP contribution in [0, 0.1) is 0 Å². The van der Waals surface area contributed by atoms with E-state index in [1.807, 2.05) is 37.3 Å². The summed E-state index contributed by atoms with van der Waals surface area (Å²) in [6.07, 6.45) is 0.676. The zero-order valence-corrected chi connectivity index (χ0v) is 12.9. The van der Waals surface area contributed by atoms with Crippen molar-refractivity contribution in [1.29, 1.82) is 0 Å². The minimum atomic E-state index is -3.44. The normalized spacial score (nSPS) is 11.3. The Kier molecular flexibility index (Phi) is 5.36. The topological polar surface area (TPSA) is 58.2 Å². The standard InChI is InChI=1S/C16H20N2O2S/c1-2-17-15-8-10-16(11-9-15)21(19,20)18-13-12-14-6-4-3-5-7-14/h3-11,17-18H,2,12-13H2,1H3. The van der Waals surface area contributed by atoms with Gasteiger partial charge in [-0.15, -0.1) is 0 Å². The minimum Gasteiger partial charge on any atom is -0.385 e. The summed E-state index contributed by atoms with van der Waals surface area (Å²) in [6, 6.07) is 16.6. The average Bonchev–Trinajstić information content (AvgIpc) is 2.49. The first kappa shape index (κ1) is 15.5. The molecule has 0 atom stereocenters. The highest BCUT2D eigenvalue weighted by Crippen LogP contribution is 2.13. The monoisotopic (exact) mass is 304 g/mol. The largest absolute Gasteiger partial charge is 0.385 e. The Labute approximate surface area is 126 Å². The van der Waals surface area contributed by atoms with Crippen LogP contribution in [0.3, 0.4) is 0 Å². The lowest BCUT2D eigenvalue weighted by Crippen LogP contribution is -2.26. The number of sulfonamides is 1. The van der Waals surface area contributed by atoms with E-state index in [0.717, 1.165) is 17.8 Å². The van der Waals surface area contributed by atoms with Crippen LogP contribution in [0.25, 0.3) is 0 Å². The molecule has 0 bridgehead atoms. The second kappa shape index (κ2) is 7.24. The van der Waals surface area contributed by atoms with Gasteiger partial charge in [0.25, 0.3) is 0 Å². The van der Waals surface area contributed by atoms with Crippen LogP contribution in [-0.4, -0.2) is 21.5 Å². The maximum absolute atomic E-state index is 12.2. The van der Waals surface area contributed by atoms with E-state index in [1.165, 1.54) is 0 Å². The fourth-order valence-corrected chi connectivity index (χ4v) is 3.05. The van der Waals surface area contributed by atoms with Gasteiger partial charge in [-0.1, -0.05) is 30.3 Å². The molecule has 0 fully saturated rings. The van der Waals surface area contributed by atoms with Crippen LogP contribution >= 0.6 is 0 Å². The zero-order chi connectivity index (χ0) is 15.1. The summed E-state index contributed by atoms with van der Waals surface area (Å²) in [7, 11) is -3.44. The fraction of sp³-hybridized carbons (Fsp3) is 0.250. The summed E-state index contributed by atoms with van der Waals surface area (Å²) in [5.74, 6) is 0. The Balaban J connectivity index is 1.95. The molecule has 0 amide bonds. The highest BCUT2D eigenvalue weighted by molar-refractivity contribution is 7.89. The SMILES string of the molecule is CCNc1ccc(S(=O)(=O)NCCc2ccccc2)cc1. The Morgan fingerprint density at radius 1 is 0.952 bits per heavy atom. The molecule has 21 heavy (non-hydrogen) atoms. The zero-order valence-electron chi connectivity index (χ0n) is 12.0. The van der Waals surface area contributed by atoms with Gasteiger partial charge in [-0.2, -0.15) is 0 Å². The molecule has 0 heterocycles. The van der Waals surface area contributed by atoms with E-state index in [9.17, 15) is 8.42 Å². The van der Waals surface area contributed by atoms with Crippen molar-refractivity contribution in [2.45, 2.75) is 18.2 Å². The van der Waals surface area contributed by atoms with Crippen LogP contribution in [0.4, 0.5) is 5.69 Å². The number of anilines is 1. The van der Waals surface area contributed by atoms with Crippen molar-refractivity contribution in [2.75, 3.05) is 18.4 Å². The molecule has 0 aliphatic rings. The third-order valence-corrected chi connectivity index (χ3v) is 4.57. The van der Waals surface area contributed by atoms with Crippen LogP contribution in [0.15, 0.2) is 59.5 Å². The summed E-state index contributed by atoms with van der Waals surface area (Å²) in [5, 5.41) is 3.14. The van der Waals surface area contributed by atoms with Gasteiger partial charge in [-0.3, -0.25) is 0 Å². The first-order valence-electron chi connectivity index (χ1n) is 6.99. The van der Waals surface area contributed by atoms with Crippen molar-refractivity contribution >= 4 is 15.7 Å². The maximum atomic E-state index is 12.2. The molecule has 2 aromatic carbocycles.